The molecule has 0 saturated heterocycles. The van der Waals surface area contributed by atoms with Crippen molar-refractivity contribution in [2.75, 3.05) is 5.73 Å². The largest absolute Gasteiger partial charge is 0.383 e. The van der Waals surface area contributed by atoms with Crippen LogP contribution in [0.4, 0.5) is 10.2 Å². The minimum atomic E-state index is -0.722. The molecule has 0 amide bonds. The molecule has 0 bridgehead atoms. The molecule has 2 unspecified atom stereocenters. The molecule has 1 aliphatic carbocycles. The van der Waals surface area contributed by atoms with Crippen LogP contribution in [-0.2, 0) is 6.67 Å². The number of allylic oxidation sites excluding steroid dienone is 4. The molecule has 0 fully saturated rings. The van der Waals surface area contributed by atoms with Gasteiger partial charge in [-0.1, -0.05) is 32.1 Å². The van der Waals surface area contributed by atoms with Gasteiger partial charge in [0.2, 0.25) is 0 Å². The Hall–Kier alpha value is -1.13. The molecule has 3 nitrogen and oxygen atoms in total. The van der Waals surface area contributed by atoms with Gasteiger partial charge in [-0.2, -0.15) is 0 Å². The number of hydrogen-bond acceptors (Lipinski definition) is 3. The van der Waals surface area contributed by atoms with Gasteiger partial charge < -0.3 is 5.73 Å². The lowest BCUT2D eigenvalue weighted by atomic mass is 9.95. The second-order valence-electron chi connectivity index (χ2n) is 3.96. The van der Waals surface area contributed by atoms with E-state index in [1.165, 1.54) is 0 Å². The molecule has 0 aromatic carbocycles. The average Bonchev–Trinajstić information content (AvgIpc) is 2.44. The van der Waals surface area contributed by atoms with Crippen molar-refractivity contribution >= 4 is 34.6 Å². The number of nitrogen functional groups attached to an aromatic ring is 1. The van der Waals surface area contributed by atoms with E-state index in [1.54, 1.807) is 25.2 Å². The number of aromatic nitrogens is 2. The molecule has 110 valence electrons. The van der Waals surface area contributed by atoms with E-state index in [4.69, 9.17) is 28.9 Å². The van der Waals surface area contributed by atoms with Gasteiger partial charge in [-0.15, -0.1) is 23.2 Å². The Morgan fingerprint density at radius 3 is 2.55 bits per heavy atom. The number of nitrogens with zero attached hydrogens (tertiary/aromatic N) is 2. The van der Waals surface area contributed by atoms with Crippen LogP contribution in [0.3, 0.4) is 0 Å². The number of alkyl halides is 3. The summed E-state index contributed by atoms with van der Waals surface area (Å²) in [4.78, 5) is 8.10. The van der Waals surface area contributed by atoms with E-state index in [9.17, 15) is 4.39 Å². The fourth-order valence-electron chi connectivity index (χ4n) is 1.91. The summed E-state index contributed by atoms with van der Waals surface area (Å²) in [5.41, 5.74) is 7.21. The normalized spacial score (nSPS) is 21.0. The quantitative estimate of drug-likeness (QED) is 0.838. The van der Waals surface area contributed by atoms with Crippen LogP contribution in [0, 0.1) is 6.92 Å². The minimum Gasteiger partial charge on any atom is -0.383 e. The molecule has 0 radical (unpaired) electrons. The van der Waals surface area contributed by atoms with Crippen molar-refractivity contribution < 1.29 is 4.39 Å². The lowest BCUT2D eigenvalue weighted by Crippen LogP contribution is -2.20. The zero-order valence-corrected chi connectivity index (χ0v) is 13.2. The van der Waals surface area contributed by atoms with Crippen LogP contribution in [0.1, 0.15) is 30.9 Å². The van der Waals surface area contributed by atoms with E-state index in [2.05, 4.69) is 9.97 Å². The molecule has 1 aliphatic rings. The number of aryl methyl sites for hydroxylation is 1. The van der Waals surface area contributed by atoms with Gasteiger partial charge in [-0.05, 0) is 12.5 Å². The number of nitrogens with two attached hydrogens (primary N) is 1. The first-order chi connectivity index (χ1) is 9.54. The molecule has 1 aromatic heterocycles. The zero-order valence-electron chi connectivity index (χ0n) is 11.7. The van der Waals surface area contributed by atoms with Gasteiger partial charge in [0.05, 0.1) is 16.4 Å². The van der Waals surface area contributed by atoms with Crippen molar-refractivity contribution in [1.29, 1.82) is 0 Å². The maximum Gasteiger partial charge on any atom is 0.135 e. The second kappa shape index (κ2) is 7.60. The Morgan fingerprint density at radius 1 is 1.30 bits per heavy atom. The highest BCUT2D eigenvalue weighted by Gasteiger charge is 2.26. The Morgan fingerprint density at radius 2 is 1.95 bits per heavy atom. The van der Waals surface area contributed by atoms with Crippen LogP contribution < -0.4 is 5.73 Å². The molecule has 20 heavy (non-hydrogen) atoms. The highest BCUT2D eigenvalue weighted by molar-refractivity contribution is 6.35. The van der Waals surface area contributed by atoms with Crippen molar-refractivity contribution in [3.05, 3.63) is 35.3 Å². The first-order valence-corrected chi connectivity index (χ1v) is 7.27. The van der Waals surface area contributed by atoms with Crippen molar-refractivity contribution in [3.63, 3.8) is 0 Å². The molecule has 0 saturated carbocycles. The summed E-state index contributed by atoms with van der Waals surface area (Å²) in [6.07, 6.45) is 5.30. The molecule has 0 spiro atoms. The van der Waals surface area contributed by atoms with Gasteiger partial charge in [0.1, 0.15) is 18.3 Å². The van der Waals surface area contributed by atoms with Crippen molar-refractivity contribution in [2.24, 2.45) is 0 Å². The second-order valence-corrected chi connectivity index (χ2v) is 4.94. The van der Waals surface area contributed by atoms with Crippen LogP contribution in [0.25, 0.3) is 5.57 Å². The lowest BCUT2D eigenvalue weighted by Gasteiger charge is -2.22. The predicted molar refractivity (Wildman–Crippen MR) is 83.7 cm³/mol. The summed E-state index contributed by atoms with van der Waals surface area (Å²) in [6.45, 7) is 4.94. The van der Waals surface area contributed by atoms with Crippen molar-refractivity contribution in [1.82, 2.24) is 9.97 Å². The topological polar surface area (TPSA) is 51.8 Å². The van der Waals surface area contributed by atoms with Crippen LogP contribution in [0.15, 0.2) is 18.2 Å². The third-order valence-corrected chi connectivity index (χ3v) is 3.72. The Bertz CT molecular complexity index is 529. The SMILES string of the molecule is CC.Cc1nc(N)c(C2=CC=CC(Cl)C2Cl)c(CF)n1. The molecule has 0 aliphatic heterocycles. The summed E-state index contributed by atoms with van der Waals surface area (Å²) in [5.74, 6) is 0.663. The predicted octanol–water partition coefficient (Wildman–Crippen LogP) is 4.03. The highest BCUT2D eigenvalue weighted by atomic mass is 35.5. The molecule has 2 atom stereocenters. The fraction of sp³-hybridized carbons (Fsp3) is 0.429. The monoisotopic (exact) mass is 317 g/mol. The lowest BCUT2D eigenvalue weighted by molar-refractivity contribution is 0.473. The molecular weight excluding hydrogens is 300 g/mol. The van der Waals surface area contributed by atoms with Crippen molar-refractivity contribution in [2.45, 2.75) is 38.2 Å². The Kier molecular flexibility index (Phi) is 6.43. The molecule has 2 N–H and O–H groups in total. The van der Waals surface area contributed by atoms with Crippen molar-refractivity contribution in [3.8, 4) is 0 Å². The number of anilines is 1. The van der Waals surface area contributed by atoms with Gasteiger partial charge in [-0.25, -0.2) is 14.4 Å². The summed E-state index contributed by atoms with van der Waals surface area (Å²) >= 11 is 12.3. The maximum atomic E-state index is 13.1. The van der Waals surface area contributed by atoms with E-state index in [0.29, 0.717) is 17.0 Å². The average molecular weight is 318 g/mol. The van der Waals surface area contributed by atoms with Gasteiger partial charge in [0.25, 0.3) is 0 Å². The first kappa shape index (κ1) is 16.9. The first-order valence-electron chi connectivity index (χ1n) is 6.40. The van der Waals surface area contributed by atoms with Gasteiger partial charge in [0, 0.05) is 5.56 Å². The summed E-state index contributed by atoms with van der Waals surface area (Å²) in [6, 6.07) is 0. The van der Waals surface area contributed by atoms with E-state index < -0.39 is 12.1 Å². The van der Waals surface area contributed by atoms with Crippen LogP contribution in [0.2, 0.25) is 0 Å². The third kappa shape index (κ3) is 3.49. The highest BCUT2D eigenvalue weighted by Crippen LogP contribution is 2.35. The van der Waals surface area contributed by atoms with Crippen LogP contribution in [-0.4, -0.2) is 20.7 Å². The number of rotatable bonds is 2. The van der Waals surface area contributed by atoms with E-state index in [1.807, 2.05) is 13.8 Å². The molecule has 1 heterocycles. The minimum absolute atomic E-state index is 0.228. The van der Waals surface area contributed by atoms with Crippen LogP contribution >= 0.6 is 23.2 Å². The smallest absolute Gasteiger partial charge is 0.135 e. The van der Waals surface area contributed by atoms with E-state index in [0.717, 1.165) is 0 Å². The van der Waals surface area contributed by atoms with E-state index >= 15 is 0 Å². The summed E-state index contributed by atoms with van der Waals surface area (Å²) in [7, 11) is 0. The molecular formula is C14H18Cl2FN3. The number of hydrogen-bond donors (Lipinski definition) is 1. The third-order valence-electron chi connectivity index (χ3n) is 2.69. The van der Waals surface area contributed by atoms with Gasteiger partial charge in [0.15, 0.2) is 0 Å². The molecule has 6 heteroatoms. The van der Waals surface area contributed by atoms with Crippen LogP contribution in [0.5, 0.6) is 0 Å². The van der Waals surface area contributed by atoms with Gasteiger partial charge in [-0.3, -0.25) is 0 Å². The van der Waals surface area contributed by atoms with E-state index in [-0.39, 0.29) is 16.9 Å². The number of halogens is 3. The standard InChI is InChI=1S/C12H12Cl2FN3.C2H6/c1-6-17-9(5-15)10(12(16)18-6)7-3-2-4-8(13)11(7)14;1-2/h2-4,8,11H,5H2,1H3,(H2,16,17,18);1-2H3. The summed E-state index contributed by atoms with van der Waals surface area (Å²) < 4.78 is 13.1. The molecule has 2 rings (SSSR count). The maximum absolute atomic E-state index is 13.1. The fourth-order valence-corrected chi connectivity index (χ4v) is 2.40. The Labute approximate surface area is 128 Å². The van der Waals surface area contributed by atoms with Gasteiger partial charge >= 0.3 is 0 Å². The molecule has 1 aromatic rings. The zero-order chi connectivity index (χ0) is 15.3. The Balaban J connectivity index is 0.000000956. The summed E-state index contributed by atoms with van der Waals surface area (Å²) in [5, 5.41) is -0.838.